The van der Waals surface area contributed by atoms with Gasteiger partial charge in [-0.05, 0) is 27.2 Å². The Morgan fingerprint density at radius 1 is 1.52 bits per heavy atom. The van der Waals surface area contributed by atoms with Gasteiger partial charge < -0.3 is 5.11 Å². The van der Waals surface area contributed by atoms with Crippen molar-refractivity contribution in [2.75, 3.05) is 18.1 Å². The van der Waals surface area contributed by atoms with Crippen LogP contribution in [0, 0.1) is 13.8 Å². The van der Waals surface area contributed by atoms with Crippen LogP contribution in [-0.4, -0.2) is 53.5 Å². The molecule has 2 unspecified atom stereocenters. The van der Waals surface area contributed by atoms with Crippen molar-refractivity contribution in [2.24, 2.45) is 0 Å². The number of carboxylic acids is 1. The first-order valence-electron chi connectivity index (χ1n) is 6.81. The second kappa shape index (κ2) is 6.02. The molecule has 118 valence electrons. The van der Waals surface area contributed by atoms with Crippen LogP contribution in [0.15, 0.2) is 0 Å². The summed E-state index contributed by atoms with van der Waals surface area (Å²) in [6.07, 6.45) is 0.488. The first-order chi connectivity index (χ1) is 9.69. The lowest BCUT2D eigenvalue weighted by Gasteiger charge is -2.31. The zero-order valence-corrected chi connectivity index (χ0v) is 14.0. The van der Waals surface area contributed by atoms with Crippen LogP contribution in [-0.2, 0) is 14.6 Å². The van der Waals surface area contributed by atoms with Crippen molar-refractivity contribution in [3.63, 3.8) is 0 Å². The topological polar surface area (TPSA) is 87.6 Å². The van der Waals surface area contributed by atoms with Gasteiger partial charge >= 0.3 is 5.97 Å². The third kappa shape index (κ3) is 3.81. The molecule has 21 heavy (non-hydrogen) atoms. The van der Waals surface area contributed by atoms with Gasteiger partial charge in [0.2, 0.25) is 0 Å². The van der Waals surface area contributed by atoms with Gasteiger partial charge in [0.1, 0.15) is 0 Å². The molecular formula is C13H20N2O4S2. The SMILES string of the molecule is Cc1nc(C(C)N(CC(=O)O)C2CCS(=O)(=O)C2)c(C)s1. The van der Waals surface area contributed by atoms with E-state index in [1.54, 1.807) is 16.2 Å². The average molecular weight is 332 g/mol. The number of carboxylic acid groups (broad SMARTS) is 1. The number of thiazole rings is 1. The van der Waals surface area contributed by atoms with Crippen molar-refractivity contribution in [3.8, 4) is 0 Å². The van der Waals surface area contributed by atoms with E-state index in [1.165, 1.54) is 0 Å². The minimum absolute atomic E-state index is 0.0345. The first-order valence-corrected chi connectivity index (χ1v) is 9.45. The van der Waals surface area contributed by atoms with Crippen LogP contribution < -0.4 is 0 Å². The minimum Gasteiger partial charge on any atom is -0.480 e. The molecule has 1 saturated heterocycles. The smallest absolute Gasteiger partial charge is 0.317 e. The highest BCUT2D eigenvalue weighted by Crippen LogP contribution is 2.31. The number of aliphatic carboxylic acids is 1. The number of hydrogen-bond acceptors (Lipinski definition) is 6. The van der Waals surface area contributed by atoms with Crippen molar-refractivity contribution in [2.45, 2.75) is 39.3 Å². The highest BCUT2D eigenvalue weighted by atomic mass is 32.2. The summed E-state index contributed by atoms with van der Waals surface area (Å²) in [6.45, 7) is 5.60. The number of hydrogen-bond donors (Lipinski definition) is 1. The maximum Gasteiger partial charge on any atom is 0.317 e. The Morgan fingerprint density at radius 3 is 2.62 bits per heavy atom. The first kappa shape index (κ1) is 16.4. The van der Waals surface area contributed by atoms with Gasteiger partial charge in [-0.2, -0.15) is 0 Å². The van der Waals surface area contributed by atoms with Crippen LogP contribution in [0.2, 0.25) is 0 Å². The molecule has 0 aromatic carbocycles. The zero-order chi connectivity index (χ0) is 15.8. The fraction of sp³-hybridized carbons (Fsp3) is 0.692. The fourth-order valence-corrected chi connectivity index (χ4v) is 5.52. The minimum atomic E-state index is -3.05. The Kier molecular flexibility index (Phi) is 4.69. The molecule has 2 rings (SSSR count). The summed E-state index contributed by atoms with van der Waals surface area (Å²) in [4.78, 5) is 18.4. The molecule has 2 atom stereocenters. The lowest BCUT2D eigenvalue weighted by atomic mass is 10.1. The number of aryl methyl sites for hydroxylation is 2. The van der Waals surface area contributed by atoms with Crippen LogP contribution in [0.4, 0.5) is 0 Å². The highest BCUT2D eigenvalue weighted by Gasteiger charge is 2.36. The van der Waals surface area contributed by atoms with Gasteiger partial charge in [0, 0.05) is 10.9 Å². The summed E-state index contributed by atoms with van der Waals surface area (Å²) >= 11 is 1.57. The molecule has 8 heteroatoms. The largest absolute Gasteiger partial charge is 0.480 e. The van der Waals surface area contributed by atoms with Gasteiger partial charge in [0.15, 0.2) is 9.84 Å². The Labute approximate surface area is 128 Å². The van der Waals surface area contributed by atoms with Crippen molar-refractivity contribution in [1.82, 2.24) is 9.88 Å². The Hall–Kier alpha value is -0.990. The predicted molar refractivity (Wildman–Crippen MR) is 81.4 cm³/mol. The Balaban J connectivity index is 2.27. The molecule has 1 aliphatic heterocycles. The zero-order valence-electron chi connectivity index (χ0n) is 12.4. The molecule has 1 aromatic heterocycles. The lowest BCUT2D eigenvalue weighted by molar-refractivity contribution is -0.139. The second-order valence-corrected chi connectivity index (χ2v) is 9.11. The lowest BCUT2D eigenvalue weighted by Crippen LogP contribution is -2.41. The normalized spacial score (nSPS) is 22.6. The van der Waals surface area contributed by atoms with Gasteiger partial charge in [0.05, 0.1) is 34.8 Å². The monoisotopic (exact) mass is 332 g/mol. The van der Waals surface area contributed by atoms with E-state index in [0.29, 0.717) is 6.42 Å². The number of nitrogens with zero attached hydrogens (tertiary/aromatic N) is 2. The number of aromatic nitrogens is 1. The molecule has 6 nitrogen and oxygen atoms in total. The standard InChI is InChI=1S/C13H20N2O4S2/c1-8(13-9(2)20-10(3)14-13)15(6-12(16)17)11-4-5-21(18,19)7-11/h8,11H,4-7H2,1-3H3,(H,16,17). The van der Waals surface area contributed by atoms with Crippen molar-refractivity contribution >= 4 is 27.1 Å². The maximum absolute atomic E-state index is 11.7. The molecule has 0 amide bonds. The summed E-state index contributed by atoms with van der Waals surface area (Å²) < 4.78 is 23.3. The van der Waals surface area contributed by atoms with Crippen LogP contribution in [0.1, 0.15) is 35.0 Å². The van der Waals surface area contributed by atoms with Crippen molar-refractivity contribution in [3.05, 3.63) is 15.6 Å². The average Bonchev–Trinajstić information content (AvgIpc) is 2.87. The molecule has 1 N–H and O–H groups in total. The molecule has 1 aromatic rings. The molecule has 0 aliphatic carbocycles. The molecule has 0 spiro atoms. The fourth-order valence-electron chi connectivity index (χ4n) is 2.87. The van der Waals surface area contributed by atoms with Crippen LogP contribution >= 0.6 is 11.3 Å². The van der Waals surface area contributed by atoms with E-state index in [4.69, 9.17) is 5.11 Å². The predicted octanol–water partition coefficient (Wildman–Crippen LogP) is 1.39. The summed E-state index contributed by atoms with van der Waals surface area (Å²) in [5, 5.41) is 10.1. The highest BCUT2D eigenvalue weighted by molar-refractivity contribution is 7.91. The van der Waals surface area contributed by atoms with E-state index in [-0.39, 0.29) is 30.1 Å². The Morgan fingerprint density at radius 2 is 2.19 bits per heavy atom. The summed E-state index contributed by atoms with van der Waals surface area (Å²) in [5.74, 6) is -0.779. The van der Waals surface area contributed by atoms with Crippen molar-refractivity contribution in [1.29, 1.82) is 0 Å². The molecular weight excluding hydrogens is 312 g/mol. The third-order valence-corrected chi connectivity index (χ3v) is 6.48. The van der Waals surface area contributed by atoms with E-state index in [1.807, 2.05) is 20.8 Å². The third-order valence-electron chi connectivity index (χ3n) is 3.83. The van der Waals surface area contributed by atoms with Gasteiger partial charge in [-0.15, -0.1) is 11.3 Å². The second-order valence-electron chi connectivity index (χ2n) is 5.47. The summed E-state index contributed by atoms with van der Waals surface area (Å²) in [7, 11) is -3.05. The van der Waals surface area contributed by atoms with E-state index in [9.17, 15) is 13.2 Å². The van der Waals surface area contributed by atoms with Gasteiger partial charge in [-0.3, -0.25) is 9.69 Å². The van der Waals surface area contributed by atoms with E-state index in [2.05, 4.69) is 4.98 Å². The maximum atomic E-state index is 11.7. The molecule has 1 aliphatic rings. The van der Waals surface area contributed by atoms with Crippen LogP contribution in [0.5, 0.6) is 0 Å². The summed E-state index contributed by atoms with van der Waals surface area (Å²) in [6, 6.07) is -0.452. The number of rotatable bonds is 5. The van der Waals surface area contributed by atoms with Gasteiger partial charge in [0.25, 0.3) is 0 Å². The molecule has 0 bridgehead atoms. The molecule has 0 saturated carbocycles. The number of sulfone groups is 1. The van der Waals surface area contributed by atoms with Crippen molar-refractivity contribution < 1.29 is 18.3 Å². The van der Waals surface area contributed by atoms with Gasteiger partial charge in [-0.1, -0.05) is 0 Å². The summed E-state index contributed by atoms with van der Waals surface area (Å²) in [5.41, 5.74) is 0.850. The quantitative estimate of drug-likeness (QED) is 0.877. The van der Waals surface area contributed by atoms with Crippen LogP contribution in [0.3, 0.4) is 0 Å². The molecule has 1 fully saturated rings. The van der Waals surface area contributed by atoms with E-state index >= 15 is 0 Å². The van der Waals surface area contributed by atoms with E-state index < -0.39 is 15.8 Å². The molecule has 2 heterocycles. The van der Waals surface area contributed by atoms with Crippen LogP contribution in [0.25, 0.3) is 0 Å². The number of carbonyl (C=O) groups is 1. The molecule has 0 radical (unpaired) electrons. The Bertz CT molecular complexity index is 639. The van der Waals surface area contributed by atoms with Gasteiger partial charge in [-0.25, -0.2) is 13.4 Å². The van der Waals surface area contributed by atoms with E-state index in [0.717, 1.165) is 15.6 Å².